The van der Waals surface area contributed by atoms with Gasteiger partial charge in [-0.15, -0.1) is 0 Å². The lowest BCUT2D eigenvalue weighted by atomic mass is 10.2. The normalized spacial score (nSPS) is 11.2. The zero-order valence-corrected chi connectivity index (χ0v) is 12.6. The lowest BCUT2D eigenvalue weighted by Crippen LogP contribution is -2.27. The van der Waals surface area contributed by atoms with Crippen molar-refractivity contribution in [1.82, 2.24) is 4.98 Å². The van der Waals surface area contributed by atoms with Gasteiger partial charge >= 0.3 is 5.97 Å². The molecule has 6 nitrogen and oxygen atoms in total. The Balaban J connectivity index is 2.73. The van der Waals surface area contributed by atoms with Crippen molar-refractivity contribution in [3.8, 4) is 0 Å². The van der Waals surface area contributed by atoms with Crippen LogP contribution in [0.2, 0.25) is 0 Å². The molecule has 0 saturated carbocycles. The van der Waals surface area contributed by atoms with Crippen LogP contribution in [-0.4, -0.2) is 35.7 Å². The predicted octanol–water partition coefficient (Wildman–Crippen LogP) is 2.25. The lowest BCUT2D eigenvalue weighted by molar-refractivity contribution is -0.125. The molecule has 0 aliphatic rings. The summed E-state index contributed by atoms with van der Waals surface area (Å²) in [6.07, 6.45) is 1.57. The fourth-order valence-electron chi connectivity index (χ4n) is 1.56. The highest BCUT2D eigenvalue weighted by molar-refractivity contribution is 6.02. The van der Waals surface area contributed by atoms with Crippen LogP contribution in [-0.2, 0) is 14.3 Å². The van der Waals surface area contributed by atoms with E-state index in [1.165, 1.54) is 0 Å². The maximum atomic E-state index is 11.8. The molecule has 0 fully saturated rings. The second-order valence-corrected chi connectivity index (χ2v) is 5.37. The molecule has 0 spiro atoms. The largest absolute Gasteiger partial charge is 0.462 e. The van der Waals surface area contributed by atoms with Crippen LogP contribution in [0.5, 0.6) is 0 Å². The van der Waals surface area contributed by atoms with Crippen LogP contribution in [0, 0.1) is 6.92 Å². The minimum Gasteiger partial charge on any atom is -0.462 e. The van der Waals surface area contributed by atoms with E-state index in [-0.39, 0.29) is 19.1 Å². The number of aromatic amines is 1. The fraction of sp³-hybridized carbons (Fsp3) is 0.571. The van der Waals surface area contributed by atoms with Crippen molar-refractivity contribution in [2.45, 2.75) is 40.2 Å². The summed E-state index contributed by atoms with van der Waals surface area (Å²) in [5.41, 5.74) is 1.00. The first-order valence-corrected chi connectivity index (χ1v) is 6.53. The SMILES string of the molecule is CCOC(=O)c1c(NC(=O)COC(C)(C)C)c[nH]c1C. The zero-order chi connectivity index (χ0) is 15.3. The number of nitrogens with one attached hydrogen (secondary N) is 2. The van der Waals surface area contributed by atoms with Crippen molar-refractivity contribution in [2.75, 3.05) is 18.5 Å². The Labute approximate surface area is 118 Å². The highest BCUT2D eigenvalue weighted by Gasteiger charge is 2.20. The molecule has 1 rings (SSSR count). The Morgan fingerprint density at radius 1 is 1.35 bits per heavy atom. The van der Waals surface area contributed by atoms with E-state index in [2.05, 4.69) is 10.3 Å². The zero-order valence-electron chi connectivity index (χ0n) is 12.6. The van der Waals surface area contributed by atoms with Gasteiger partial charge in [0.05, 0.1) is 17.9 Å². The summed E-state index contributed by atoms with van der Waals surface area (Å²) in [4.78, 5) is 26.5. The second-order valence-electron chi connectivity index (χ2n) is 5.37. The van der Waals surface area contributed by atoms with Crippen molar-refractivity contribution >= 4 is 17.6 Å². The van der Waals surface area contributed by atoms with E-state index in [4.69, 9.17) is 9.47 Å². The Morgan fingerprint density at radius 3 is 2.55 bits per heavy atom. The average molecular weight is 282 g/mol. The maximum Gasteiger partial charge on any atom is 0.342 e. The summed E-state index contributed by atoms with van der Waals surface area (Å²) in [5.74, 6) is -0.775. The number of ether oxygens (including phenoxy) is 2. The summed E-state index contributed by atoms with van der Waals surface area (Å²) >= 11 is 0. The van der Waals surface area contributed by atoms with E-state index >= 15 is 0 Å². The number of carbonyl (C=O) groups excluding carboxylic acids is 2. The highest BCUT2D eigenvalue weighted by atomic mass is 16.5. The Morgan fingerprint density at radius 2 is 2.00 bits per heavy atom. The average Bonchev–Trinajstić information content (AvgIpc) is 2.67. The minimum absolute atomic E-state index is 0.0734. The molecule has 0 radical (unpaired) electrons. The van der Waals surface area contributed by atoms with Gasteiger partial charge in [-0.05, 0) is 34.6 Å². The first-order valence-electron chi connectivity index (χ1n) is 6.53. The minimum atomic E-state index is -0.460. The first-order chi connectivity index (χ1) is 9.24. The smallest absolute Gasteiger partial charge is 0.342 e. The van der Waals surface area contributed by atoms with Crippen molar-refractivity contribution in [2.24, 2.45) is 0 Å². The third-order valence-electron chi connectivity index (χ3n) is 2.47. The molecule has 0 aliphatic carbocycles. The number of aryl methyl sites for hydroxylation is 1. The number of esters is 1. The second kappa shape index (κ2) is 6.56. The van der Waals surface area contributed by atoms with Gasteiger partial charge in [-0.3, -0.25) is 4.79 Å². The van der Waals surface area contributed by atoms with E-state index in [9.17, 15) is 9.59 Å². The molecule has 2 N–H and O–H groups in total. The van der Waals surface area contributed by atoms with Gasteiger partial charge in [0.2, 0.25) is 5.91 Å². The quantitative estimate of drug-likeness (QED) is 0.812. The number of anilines is 1. The van der Waals surface area contributed by atoms with Gasteiger partial charge < -0.3 is 19.8 Å². The third kappa shape index (κ3) is 4.70. The summed E-state index contributed by atoms with van der Waals surface area (Å²) < 4.78 is 10.3. The van der Waals surface area contributed by atoms with Crippen LogP contribution in [0.15, 0.2) is 6.20 Å². The number of carbonyl (C=O) groups is 2. The maximum absolute atomic E-state index is 11.8. The van der Waals surface area contributed by atoms with Crippen LogP contribution in [0.25, 0.3) is 0 Å². The van der Waals surface area contributed by atoms with Gasteiger partial charge in [0, 0.05) is 11.9 Å². The molecule has 1 aromatic rings. The monoisotopic (exact) mass is 282 g/mol. The number of H-pyrrole nitrogens is 1. The van der Waals surface area contributed by atoms with Crippen molar-refractivity contribution in [3.05, 3.63) is 17.5 Å². The van der Waals surface area contributed by atoms with Crippen molar-refractivity contribution < 1.29 is 19.1 Å². The summed E-state index contributed by atoms with van der Waals surface area (Å²) in [6, 6.07) is 0. The number of amides is 1. The van der Waals surface area contributed by atoms with E-state index in [1.54, 1.807) is 20.0 Å². The topological polar surface area (TPSA) is 80.4 Å². The highest BCUT2D eigenvalue weighted by Crippen LogP contribution is 2.20. The molecule has 0 bridgehead atoms. The molecule has 112 valence electrons. The summed E-state index contributed by atoms with van der Waals surface area (Å²) in [5, 5.41) is 2.65. The van der Waals surface area contributed by atoms with Crippen molar-refractivity contribution in [1.29, 1.82) is 0 Å². The molecule has 1 amide bonds. The number of aromatic nitrogens is 1. The van der Waals surface area contributed by atoms with Crippen LogP contribution in [0.3, 0.4) is 0 Å². The number of rotatable bonds is 5. The Hall–Kier alpha value is -1.82. The molecule has 1 heterocycles. The molecule has 0 aliphatic heterocycles. The number of hydrogen-bond donors (Lipinski definition) is 2. The van der Waals surface area contributed by atoms with Crippen molar-refractivity contribution in [3.63, 3.8) is 0 Å². The van der Waals surface area contributed by atoms with Gasteiger partial charge in [0.1, 0.15) is 12.2 Å². The van der Waals surface area contributed by atoms with E-state index in [0.717, 1.165) is 0 Å². The van der Waals surface area contributed by atoms with Gasteiger partial charge in [-0.2, -0.15) is 0 Å². The lowest BCUT2D eigenvalue weighted by Gasteiger charge is -2.19. The van der Waals surface area contributed by atoms with Crippen LogP contribution in [0.1, 0.15) is 43.7 Å². The van der Waals surface area contributed by atoms with Crippen LogP contribution < -0.4 is 5.32 Å². The van der Waals surface area contributed by atoms with Crippen LogP contribution in [0.4, 0.5) is 5.69 Å². The van der Waals surface area contributed by atoms with E-state index in [1.807, 2.05) is 20.8 Å². The molecule has 0 atom stereocenters. The summed E-state index contributed by atoms with van der Waals surface area (Å²) in [6.45, 7) is 9.28. The van der Waals surface area contributed by atoms with Gasteiger partial charge in [-0.25, -0.2) is 4.79 Å². The van der Waals surface area contributed by atoms with E-state index in [0.29, 0.717) is 16.9 Å². The molecule has 0 unspecified atom stereocenters. The molecule has 6 heteroatoms. The van der Waals surface area contributed by atoms with Gasteiger partial charge in [-0.1, -0.05) is 0 Å². The molecule has 20 heavy (non-hydrogen) atoms. The first kappa shape index (κ1) is 16.2. The van der Waals surface area contributed by atoms with Gasteiger partial charge in [0.25, 0.3) is 0 Å². The molecular formula is C14H22N2O4. The molecular weight excluding hydrogens is 260 g/mol. The fourth-order valence-corrected chi connectivity index (χ4v) is 1.56. The number of hydrogen-bond acceptors (Lipinski definition) is 4. The standard InChI is InChI=1S/C14H22N2O4/c1-6-19-13(18)12-9(2)15-7-10(12)16-11(17)8-20-14(3,4)5/h7,15H,6,8H2,1-5H3,(H,16,17). The predicted molar refractivity (Wildman–Crippen MR) is 75.8 cm³/mol. The Kier molecular flexibility index (Phi) is 5.33. The van der Waals surface area contributed by atoms with Crippen LogP contribution >= 0.6 is 0 Å². The van der Waals surface area contributed by atoms with Gasteiger partial charge in [0.15, 0.2) is 0 Å². The molecule has 1 aromatic heterocycles. The third-order valence-corrected chi connectivity index (χ3v) is 2.47. The van der Waals surface area contributed by atoms with E-state index < -0.39 is 11.6 Å². The molecule has 0 saturated heterocycles. The molecule has 0 aromatic carbocycles. The summed E-state index contributed by atoms with van der Waals surface area (Å²) in [7, 11) is 0. The Bertz CT molecular complexity index is 486.